The van der Waals surface area contributed by atoms with Gasteiger partial charge in [-0.05, 0) is 44.9 Å². The summed E-state index contributed by atoms with van der Waals surface area (Å²) in [6.45, 7) is 3.96. The number of carbonyl (C=O) groups excluding carboxylic acids is 1. The van der Waals surface area contributed by atoms with Crippen molar-refractivity contribution < 1.29 is 56.2 Å². The molecule has 1 fully saturated rings. The molecule has 0 spiro atoms. The number of rotatable bonds is 40. The Balaban J connectivity index is 2.33. The fourth-order valence-corrected chi connectivity index (χ4v) is 7.56. The third-order valence-electron chi connectivity index (χ3n) is 10.6. The van der Waals surface area contributed by atoms with Gasteiger partial charge in [0.05, 0.1) is 19.8 Å². The smallest absolute Gasteiger partial charge is 0.397 e. The summed E-state index contributed by atoms with van der Waals surface area (Å²) in [5.74, 6) is -0.402. The van der Waals surface area contributed by atoms with Gasteiger partial charge in [-0.2, -0.15) is 8.42 Å². The quantitative estimate of drug-likeness (QED) is 0.0199. The first-order chi connectivity index (χ1) is 28.1. The number of esters is 1. The van der Waals surface area contributed by atoms with E-state index in [0.717, 1.165) is 44.9 Å². The molecule has 6 atom stereocenters. The van der Waals surface area contributed by atoms with Crippen molar-refractivity contribution in [1.82, 2.24) is 0 Å². The van der Waals surface area contributed by atoms with Crippen LogP contribution in [0.1, 0.15) is 194 Å². The van der Waals surface area contributed by atoms with Crippen LogP contribution in [0.4, 0.5) is 0 Å². The van der Waals surface area contributed by atoms with E-state index < -0.39 is 59.8 Å². The van der Waals surface area contributed by atoms with Gasteiger partial charge in [-0.15, -0.1) is 0 Å². The lowest BCUT2D eigenvalue weighted by Gasteiger charge is -2.41. The predicted octanol–water partition coefficient (Wildman–Crippen LogP) is 9.63. The number of carbonyl (C=O) groups is 1. The first-order valence-electron chi connectivity index (χ1n) is 23.1. The number of aliphatic hydroxyl groups excluding tert-OH is 3. The van der Waals surface area contributed by atoms with Crippen LogP contribution in [-0.2, 0) is 38.3 Å². The highest BCUT2D eigenvalue weighted by Gasteiger charge is 2.48. The molecule has 1 rings (SSSR count). The second-order valence-electron chi connectivity index (χ2n) is 16.0. The number of unbranched alkanes of at least 4 members (excludes halogenated alkanes) is 23. The highest BCUT2D eigenvalue weighted by Crippen LogP contribution is 2.26. The van der Waals surface area contributed by atoms with Gasteiger partial charge in [0, 0.05) is 13.0 Å². The summed E-state index contributed by atoms with van der Waals surface area (Å²) in [5, 5.41) is 30.6. The third-order valence-corrected chi connectivity index (χ3v) is 11.0. The van der Waals surface area contributed by atoms with Crippen molar-refractivity contribution in [1.29, 1.82) is 0 Å². The summed E-state index contributed by atoms with van der Waals surface area (Å²) >= 11 is 0. The lowest BCUT2D eigenvalue weighted by Crippen LogP contribution is -2.60. The van der Waals surface area contributed by atoms with Crippen LogP contribution < -0.4 is 0 Å². The van der Waals surface area contributed by atoms with Crippen molar-refractivity contribution in [3.8, 4) is 0 Å². The maximum Gasteiger partial charge on any atom is 0.397 e. The number of ether oxygens (including phenoxy) is 4. The molecule has 1 aliphatic rings. The van der Waals surface area contributed by atoms with Gasteiger partial charge in [-0.1, -0.05) is 167 Å². The summed E-state index contributed by atoms with van der Waals surface area (Å²) < 4.78 is 58.9. The maximum atomic E-state index is 12.8. The summed E-state index contributed by atoms with van der Waals surface area (Å²) in [4.78, 5) is 12.8. The first kappa shape index (κ1) is 54.6. The molecule has 0 aromatic rings. The van der Waals surface area contributed by atoms with E-state index in [1.54, 1.807) is 0 Å². The Kier molecular flexibility index (Phi) is 35.2. The number of hydrogen-bond acceptors (Lipinski definition) is 11. The van der Waals surface area contributed by atoms with Crippen LogP contribution in [0.5, 0.6) is 0 Å². The molecule has 0 radical (unpaired) electrons. The van der Waals surface area contributed by atoms with Crippen molar-refractivity contribution in [2.24, 2.45) is 0 Å². The fraction of sp³-hybridized carbons (Fsp3) is 0.889. The topological polar surface area (TPSA) is 178 Å². The van der Waals surface area contributed by atoms with Crippen molar-refractivity contribution in [3.63, 3.8) is 0 Å². The van der Waals surface area contributed by atoms with Gasteiger partial charge in [0.25, 0.3) is 0 Å². The Bertz CT molecular complexity index is 1120. The lowest BCUT2D eigenvalue weighted by molar-refractivity contribution is -0.301. The van der Waals surface area contributed by atoms with Gasteiger partial charge in [-0.25, -0.2) is 4.18 Å². The van der Waals surface area contributed by atoms with Crippen LogP contribution in [0.3, 0.4) is 0 Å². The summed E-state index contributed by atoms with van der Waals surface area (Å²) in [6.07, 6.45) is 32.3. The number of allylic oxidation sites excluding steroid dienone is 4. The first-order valence-corrected chi connectivity index (χ1v) is 24.5. The summed E-state index contributed by atoms with van der Waals surface area (Å²) in [5.41, 5.74) is 0. The van der Waals surface area contributed by atoms with Crippen LogP contribution in [0.15, 0.2) is 24.3 Å². The SMILES string of the molecule is CCCCCCC/C=C\C/C=C\CCCCCCCCCCCCOCC(COC1OC(CO)C(O)C(OS(=O)(=O)O)C1O)OC(=O)CCCCCCCCCCC. The van der Waals surface area contributed by atoms with Crippen LogP contribution in [0.2, 0.25) is 0 Å². The van der Waals surface area contributed by atoms with Crippen molar-refractivity contribution in [3.05, 3.63) is 24.3 Å². The van der Waals surface area contributed by atoms with Crippen LogP contribution in [-0.4, -0.2) is 97.5 Å². The zero-order valence-corrected chi connectivity index (χ0v) is 37.2. The maximum absolute atomic E-state index is 12.8. The molecule has 1 aliphatic heterocycles. The van der Waals surface area contributed by atoms with Gasteiger partial charge >= 0.3 is 16.4 Å². The molecule has 4 N–H and O–H groups in total. The number of hydrogen-bond donors (Lipinski definition) is 4. The second-order valence-corrected chi connectivity index (χ2v) is 17.0. The van der Waals surface area contributed by atoms with E-state index in [1.165, 1.54) is 122 Å². The van der Waals surface area contributed by atoms with E-state index in [4.69, 9.17) is 23.5 Å². The molecule has 6 unspecified atom stereocenters. The molecule has 1 saturated heterocycles. The van der Waals surface area contributed by atoms with Gasteiger partial charge < -0.3 is 34.3 Å². The highest BCUT2D eigenvalue weighted by molar-refractivity contribution is 7.80. The molecule has 0 aliphatic carbocycles. The molecule has 0 bridgehead atoms. The Morgan fingerprint density at radius 3 is 1.64 bits per heavy atom. The normalized spacial score (nSPS) is 20.7. The van der Waals surface area contributed by atoms with Gasteiger partial charge in [-0.3, -0.25) is 9.35 Å². The predicted molar refractivity (Wildman–Crippen MR) is 230 cm³/mol. The molecule has 0 saturated carbocycles. The third kappa shape index (κ3) is 30.6. The molecule has 13 heteroatoms. The Morgan fingerprint density at radius 2 is 1.14 bits per heavy atom. The number of aliphatic hydroxyl groups is 3. The average Bonchev–Trinajstić information content (AvgIpc) is 3.19. The minimum Gasteiger partial charge on any atom is -0.457 e. The minimum absolute atomic E-state index is 0.0371. The fourth-order valence-electron chi connectivity index (χ4n) is 7.06. The van der Waals surface area contributed by atoms with Crippen molar-refractivity contribution >= 4 is 16.4 Å². The zero-order chi connectivity index (χ0) is 42.5. The van der Waals surface area contributed by atoms with Crippen LogP contribution >= 0.6 is 0 Å². The Morgan fingerprint density at radius 1 is 0.655 bits per heavy atom. The largest absolute Gasteiger partial charge is 0.457 e. The van der Waals surface area contributed by atoms with Crippen LogP contribution in [0, 0.1) is 0 Å². The Hall–Kier alpha value is -1.42. The molecular weight excluding hydrogens is 765 g/mol. The van der Waals surface area contributed by atoms with Gasteiger partial charge in [0.2, 0.25) is 0 Å². The molecule has 58 heavy (non-hydrogen) atoms. The van der Waals surface area contributed by atoms with Crippen molar-refractivity contribution in [2.45, 2.75) is 230 Å². The highest BCUT2D eigenvalue weighted by atomic mass is 32.3. The Labute approximate surface area is 352 Å². The summed E-state index contributed by atoms with van der Waals surface area (Å²) in [6, 6.07) is 0. The molecule has 1 heterocycles. The summed E-state index contributed by atoms with van der Waals surface area (Å²) in [7, 11) is -5.06. The van der Waals surface area contributed by atoms with E-state index in [2.05, 4.69) is 42.3 Å². The van der Waals surface area contributed by atoms with E-state index >= 15 is 0 Å². The zero-order valence-electron chi connectivity index (χ0n) is 36.4. The average molecular weight is 849 g/mol. The standard InChI is InChI=1S/C45H84O12S/c1-3-5-7-9-11-13-14-15-16-17-18-19-20-21-22-23-24-25-27-29-31-33-35-53-37-39(55-41(47)34-32-30-28-26-12-10-8-6-4-2)38-54-45-43(49)44(57-58(50,51)52)42(48)40(36-46)56-45/h14-15,17-18,39-40,42-46,48-49H,3-13,16,19-38H2,1-2H3,(H,50,51,52)/b15-14-,18-17-. The van der Waals surface area contributed by atoms with Gasteiger partial charge in [0.15, 0.2) is 6.29 Å². The van der Waals surface area contributed by atoms with Gasteiger partial charge in [0.1, 0.15) is 30.5 Å². The van der Waals surface area contributed by atoms with E-state index in [1.807, 2.05) is 0 Å². The molecular formula is C45H84O12S. The second kappa shape index (κ2) is 37.4. The van der Waals surface area contributed by atoms with E-state index in [-0.39, 0.29) is 19.6 Å². The monoisotopic (exact) mass is 849 g/mol. The molecule has 0 aromatic carbocycles. The molecule has 342 valence electrons. The lowest BCUT2D eigenvalue weighted by atomic mass is 9.99. The minimum atomic E-state index is -5.06. The van der Waals surface area contributed by atoms with E-state index in [9.17, 15) is 28.5 Å². The van der Waals surface area contributed by atoms with Crippen LogP contribution in [0.25, 0.3) is 0 Å². The molecule has 0 aromatic heterocycles. The molecule has 12 nitrogen and oxygen atoms in total. The van der Waals surface area contributed by atoms with E-state index in [0.29, 0.717) is 13.0 Å². The van der Waals surface area contributed by atoms with Crippen molar-refractivity contribution in [2.75, 3.05) is 26.4 Å². The molecule has 0 amide bonds.